The minimum Gasteiger partial charge on any atom is -0.468 e. The van der Waals surface area contributed by atoms with E-state index in [4.69, 9.17) is 4.42 Å². The van der Waals surface area contributed by atoms with Gasteiger partial charge in [0, 0.05) is 18.3 Å². The third-order valence-corrected chi connectivity index (χ3v) is 3.04. The molecule has 0 amide bonds. The molecule has 1 aliphatic rings. The minimum absolute atomic E-state index is 0.806. The van der Waals surface area contributed by atoms with Crippen molar-refractivity contribution in [3.63, 3.8) is 0 Å². The summed E-state index contributed by atoms with van der Waals surface area (Å²) in [5.74, 6) is 2.10. The Bertz CT molecular complexity index is 206. The molecule has 1 N–H and O–H groups in total. The number of hydrogen-bond donors (Lipinski definition) is 1. The molecule has 1 aromatic rings. The fourth-order valence-corrected chi connectivity index (χ4v) is 2.01. The van der Waals surface area contributed by atoms with Gasteiger partial charge in [0.2, 0.25) is 0 Å². The molecule has 1 fully saturated rings. The summed E-state index contributed by atoms with van der Waals surface area (Å²) in [6, 6.07) is 3.97. The largest absolute Gasteiger partial charge is 0.468 e. The normalized spacial score (nSPS) is 18.2. The molecule has 11 heavy (non-hydrogen) atoms. The van der Waals surface area contributed by atoms with E-state index in [0.29, 0.717) is 0 Å². The highest BCUT2D eigenvalue weighted by atomic mass is 32.2. The average Bonchev–Trinajstić information content (AvgIpc) is 2.36. The summed E-state index contributed by atoms with van der Waals surface area (Å²) in [4.78, 5) is 0. The zero-order chi connectivity index (χ0) is 7.52. The number of furan rings is 1. The Morgan fingerprint density at radius 1 is 1.64 bits per heavy atom. The van der Waals surface area contributed by atoms with Crippen LogP contribution in [0, 0.1) is 0 Å². The SMILES string of the molecule is c1coc(CSC2CNC2)c1. The third-order valence-electron chi connectivity index (χ3n) is 1.79. The van der Waals surface area contributed by atoms with Gasteiger partial charge in [-0.2, -0.15) is 0 Å². The molecule has 0 unspecified atom stereocenters. The van der Waals surface area contributed by atoms with Crippen molar-refractivity contribution in [2.45, 2.75) is 11.0 Å². The van der Waals surface area contributed by atoms with E-state index in [2.05, 4.69) is 5.32 Å². The molecule has 0 atom stereocenters. The van der Waals surface area contributed by atoms with Crippen molar-refractivity contribution in [2.24, 2.45) is 0 Å². The van der Waals surface area contributed by atoms with Crippen LogP contribution in [0.15, 0.2) is 22.8 Å². The molecule has 1 saturated heterocycles. The Labute approximate surface area is 70.4 Å². The van der Waals surface area contributed by atoms with Crippen LogP contribution in [0.3, 0.4) is 0 Å². The molecule has 0 radical (unpaired) electrons. The minimum atomic E-state index is 0.806. The quantitative estimate of drug-likeness (QED) is 0.742. The Morgan fingerprint density at radius 2 is 2.55 bits per heavy atom. The molecule has 0 spiro atoms. The lowest BCUT2D eigenvalue weighted by Gasteiger charge is -2.25. The zero-order valence-electron chi connectivity index (χ0n) is 6.25. The number of thioether (sulfide) groups is 1. The van der Waals surface area contributed by atoms with E-state index in [1.54, 1.807) is 6.26 Å². The summed E-state index contributed by atoms with van der Waals surface area (Å²) in [7, 11) is 0. The van der Waals surface area contributed by atoms with Gasteiger partial charge in [-0.15, -0.1) is 11.8 Å². The first kappa shape index (κ1) is 7.25. The first-order valence-electron chi connectivity index (χ1n) is 3.80. The molecule has 60 valence electrons. The highest BCUT2D eigenvalue weighted by Gasteiger charge is 2.16. The van der Waals surface area contributed by atoms with Crippen LogP contribution >= 0.6 is 11.8 Å². The fraction of sp³-hybridized carbons (Fsp3) is 0.500. The highest BCUT2D eigenvalue weighted by molar-refractivity contribution is 7.99. The Kier molecular flexibility index (Phi) is 2.19. The molecular formula is C8H11NOS. The second-order valence-electron chi connectivity index (χ2n) is 2.67. The molecule has 0 bridgehead atoms. The van der Waals surface area contributed by atoms with Crippen LogP contribution in [-0.4, -0.2) is 18.3 Å². The maximum Gasteiger partial charge on any atom is 0.113 e. The van der Waals surface area contributed by atoms with Crippen molar-refractivity contribution in [1.82, 2.24) is 5.32 Å². The third kappa shape index (κ3) is 1.79. The topological polar surface area (TPSA) is 25.2 Å². The van der Waals surface area contributed by atoms with Crippen LogP contribution in [0.25, 0.3) is 0 Å². The van der Waals surface area contributed by atoms with Gasteiger partial charge in [-0.3, -0.25) is 0 Å². The molecule has 3 heteroatoms. The van der Waals surface area contributed by atoms with Gasteiger partial charge >= 0.3 is 0 Å². The lowest BCUT2D eigenvalue weighted by atomic mass is 10.3. The molecule has 0 aliphatic carbocycles. The number of hydrogen-bond acceptors (Lipinski definition) is 3. The van der Waals surface area contributed by atoms with Gasteiger partial charge in [0.25, 0.3) is 0 Å². The predicted molar refractivity (Wildman–Crippen MR) is 46.7 cm³/mol. The molecule has 0 saturated carbocycles. The van der Waals surface area contributed by atoms with E-state index in [9.17, 15) is 0 Å². The van der Waals surface area contributed by atoms with Crippen molar-refractivity contribution >= 4 is 11.8 Å². The molecule has 2 nitrogen and oxygen atoms in total. The summed E-state index contributed by atoms with van der Waals surface area (Å²) < 4.78 is 5.21. The van der Waals surface area contributed by atoms with Crippen LogP contribution in [0.2, 0.25) is 0 Å². The Hall–Kier alpha value is -0.410. The van der Waals surface area contributed by atoms with Crippen LogP contribution in [0.1, 0.15) is 5.76 Å². The lowest BCUT2D eigenvalue weighted by Crippen LogP contribution is -2.44. The van der Waals surface area contributed by atoms with Crippen molar-refractivity contribution in [3.8, 4) is 0 Å². The molecule has 1 aromatic heterocycles. The zero-order valence-corrected chi connectivity index (χ0v) is 7.06. The van der Waals surface area contributed by atoms with E-state index in [1.807, 2.05) is 23.9 Å². The maximum atomic E-state index is 5.21. The van der Waals surface area contributed by atoms with Crippen LogP contribution in [0.4, 0.5) is 0 Å². The van der Waals surface area contributed by atoms with Crippen LogP contribution in [-0.2, 0) is 5.75 Å². The predicted octanol–water partition coefficient (Wildman–Crippen LogP) is 1.48. The van der Waals surface area contributed by atoms with E-state index < -0.39 is 0 Å². The molecular weight excluding hydrogens is 158 g/mol. The standard InChI is InChI=1S/C8H11NOS/c1-2-7(10-3-1)6-11-8-4-9-5-8/h1-3,8-9H,4-6H2. The number of rotatable bonds is 3. The smallest absolute Gasteiger partial charge is 0.113 e. The monoisotopic (exact) mass is 169 g/mol. The fourth-order valence-electron chi connectivity index (χ4n) is 0.975. The van der Waals surface area contributed by atoms with Crippen molar-refractivity contribution in [1.29, 1.82) is 0 Å². The van der Waals surface area contributed by atoms with E-state index in [-0.39, 0.29) is 0 Å². The Morgan fingerprint density at radius 3 is 3.09 bits per heavy atom. The van der Waals surface area contributed by atoms with E-state index >= 15 is 0 Å². The van der Waals surface area contributed by atoms with Gasteiger partial charge < -0.3 is 9.73 Å². The van der Waals surface area contributed by atoms with E-state index in [0.717, 1.165) is 29.9 Å². The Balaban J connectivity index is 1.74. The summed E-state index contributed by atoms with van der Waals surface area (Å²) in [6.45, 7) is 2.32. The van der Waals surface area contributed by atoms with Gasteiger partial charge in [-0.1, -0.05) is 0 Å². The summed E-state index contributed by atoms with van der Waals surface area (Å²) in [6.07, 6.45) is 1.73. The van der Waals surface area contributed by atoms with Crippen molar-refractivity contribution < 1.29 is 4.42 Å². The van der Waals surface area contributed by atoms with Crippen LogP contribution in [0.5, 0.6) is 0 Å². The maximum absolute atomic E-state index is 5.21. The van der Waals surface area contributed by atoms with Crippen molar-refractivity contribution in [3.05, 3.63) is 24.2 Å². The van der Waals surface area contributed by atoms with Crippen LogP contribution < -0.4 is 5.32 Å². The van der Waals surface area contributed by atoms with Gasteiger partial charge in [0.1, 0.15) is 5.76 Å². The first-order chi connectivity index (χ1) is 5.45. The molecule has 0 aromatic carbocycles. The molecule has 1 aliphatic heterocycles. The van der Waals surface area contributed by atoms with Gasteiger partial charge in [-0.05, 0) is 12.1 Å². The summed E-state index contributed by atoms with van der Waals surface area (Å²) in [5, 5.41) is 4.05. The second kappa shape index (κ2) is 3.32. The molecule has 2 rings (SSSR count). The van der Waals surface area contributed by atoms with Gasteiger partial charge in [-0.25, -0.2) is 0 Å². The lowest BCUT2D eigenvalue weighted by molar-refractivity contribution is 0.524. The summed E-state index contributed by atoms with van der Waals surface area (Å²) >= 11 is 1.96. The molecule has 2 heterocycles. The summed E-state index contributed by atoms with van der Waals surface area (Å²) in [5.41, 5.74) is 0. The van der Waals surface area contributed by atoms with E-state index in [1.165, 1.54) is 0 Å². The highest BCUT2D eigenvalue weighted by Crippen LogP contribution is 2.20. The number of nitrogens with one attached hydrogen (secondary N) is 1. The van der Waals surface area contributed by atoms with Gasteiger partial charge in [0.15, 0.2) is 0 Å². The van der Waals surface area contributed by atoms with Crippen molar-refractivity contribution in [2.75, 3.05) is 13.1 Å². The second-order valence-corrected chi connectivity index (χ2v) is 3.96. The first-order valence-corrected chi connectivity index (χ1v) is 4.85. The average molecular weight is 169 g/mol. The van der Waals surface area contributed by atoms with Gasteiger partial charge in [0.05, 0.1) is 12.0 Å².